The molecule has 0 amide bonds. The number of carbonyl (C=O) groups excluding carboxylic acids is 1. The third kappa shape index (κ3) is 4.83. The first-order valence-electron chi connectivity index (χ1n) is 6.36. The molecule has 0 fully saturated rings. The summed E-state index contributed by atoms with van der Waals surface area (Å²) in [4.78, 5) is 11.1. The summed E-state index contributed by atoms with van der Waals surface area (Å²) in [7, 11) is 1.09. The molecule has 3 nitrogen and oxygen atoms in total. The molecule has 0 atom stereocenters. The minimum absolute atomic E-state index is 0.211. The van der Waals surface area contributed by atoms with Crippen molar-refractivity contribution in [3.05, 3.63) is 35.9 Å². The van der Waals surface area contributed by atoms with E-state index in [1.807, 2.05) is 25.2 Å². The second-order valence-electron chi connectivity index (χ2n) is 4.78. The van der Waals surface area contributed by atoms with Crippen molar-refractivity contribution >= 4 is 20.5 Å². The smallest absolute Gasteiger partial charge is 0.156 e. The van der Waals surface area contributed by atoms with Gasteiger partial charge in [-0.3, -0.25) is 0 Å². The molecule has 1 rings (SSSR count). The van der Waals surface area contributed by atoms with Crippen LogP contribution < -0.4 is 0 Å². The Hall–Kier alpha value is -1.42. The van der Waals surface area contributed by atoms with Gasteiger partial charge in [-0.15, -0.1) is 0 Å². The van der Waals surface area contributed by atoms with Crippen molar-refractivity contribution in [1.29, 1.82) is 0 Å². The molecule has 0 aliphatic carbocycles. The van der Waals surface area contributed by atoms with Crippen LogP contribution in [0.3, 0.4) is 0 Å². The molecule has 0 heterocycles. The van der Waals surface area contributed by atoms with E-state index in [0.717, 1.165) is 11.3 Å². The highest BCUT2D eigenvalue weighted by Gasteiger charge is 2.08. The Kier molecular flexibility index (Phi) is 5.78. The molecule has 0 aromatic heterocycles. The van der Waals surface area contributed by atoms with E-state index in [9.17, 15) is 4.79 Å². The summed E-state index contributed by atoms with van der Waals surface area (Å²) in [6, 6.07) is 10.1. The summed E-state index contributed by atoms with van der Waals surface area (Å²) in [5.41, 5.74) is 2.12. The summed E-state index contributed by atoms with van der Waals surface area (Å²) < 4.78 is 2.07. The van der Waals surface area contributed by atoms with E-state index in [4.69, 9.17) is 0 Å². The van der Waals surface area contributed by atoms with Crippen molar-refractivity contribution in [2.45, 2.75) is 32.9 Å². The molecule has 0 bridgehead atoms. The van der Waals surface area contributed by atoms with Gasteiger partial charge in [-0.25, -0.2) is 0 Å². The highest BCUT2D eigenvalue weighted by atomic mass is 28.3. The normalized spacial score (nSPS) is 11.7. The third-order valence-corrected chi connectivity index (χ3v) is 4.46. The number of hydrogen-bond donors (Lipinski definition) is 0. The van der Waals surface area contributed by atoms with E-state index in [-0.39, 0.29) is 5.78 Å². The van der Waals surface area contributed by atoms with Crippen molar-refractivity contribution in [2.24, 2.45) is 5.10 Å². The second-order valence-corrected chi connectivity index (χ2v) is 7.72. The minimum atomic E-state index is -0.933. The Bertz CT molecular complexity index is 415. The van der Waals surface area contributed by atoms with Crippen LogP contribution in [0.15, 0.2) is 35.4 Å². The lowest BCUT2D eigenvalue weighted by Crippen LogP contribution is -2.26. The van der Waals surface area contributed by atoms with Gasteiger partial charge in [0, 0.05) is 13.5 Å². The molecular weight excluding hydrogens is 240 g/mol. The van der Waals surface area contributed by atoms with Crippen LogP contribution in [0.5, 0.6) is 0 Å². The first kappa shape index (κ1) is 14.6. The van der Waals surface area contributed by atoms with Crippen molar-refractivity contribution in [2.75, 3.05) is 7.05 Å². The molecule has 1 aromatic carbocycles. The lowest BCUT2D eigenvalue weighted by Gasteiger charge is -2.19. The van der Waals surface area contributed by atoms with E-state index in [2.05, 4.69) is 35.0 Å². The summed E-state index contributed by atoms with van der Waals surface area (Å²) in [5.74, 6) is 0.211. The average Bonchev–Trinajstić information content (AvgIpc) is 2.34. The molecular formula is C14H22N2OSi. The molecule has 0 aliphatic rings. The fourth-order valence-corrected chi connectivity index (χ4v) is 1.85. The van der Waals surface area contributed by atoms with Gasteiger partial charge in [0.05, 0.1) is 5.71 Å². The van der Waals surface area contributed by atoms with Gasteiger partial charge >= 0.3 is 0 Å². The Morgan fingerprint density at radius 1 is 1.22 bits per heavy atom. The number of carbonyl (C=O) groups is 1. The van der Waals surface area contributed by atoms with Gasteiger partial charge in [0.2, 0.25) is 0 Å². The van der Waals surface area contributed by atoms with Gasteiger partial charge in [0.25, 0.3) is 0 Å². The van der Waals surface area contributed by atoms with Gasteiger partial charge < -0.3 is 9.47 Å². The monoisotopic (exact) mass is 262 g/mol. The molecule has 0 saturated carbocycles. The van der Waals surface area contributed by atoms with Crippen molar-refractivity contribution < 1.29 is 4.79 Å². The van der Waals surface area contributed by atoms with E-state index in [1.165, 1.54) is 0 Å². The molecule has 0 aliphatic heterocycles. The van der Waals surface area contributed by atoms with Crippen LogP contribution in [-0.4, -0.2) is 32.2 Å². The van der Waals surface area contributed by atoms with Crippen LogP contribution >= 0.6 is 0 Å². The zero-order valence-corrected chi connectivity index (χ0v) is 12.8. The molecule has 0 unspecified atom stereocenters. The topological polar surface area (TPSA) is 32.7 Å². The number of hydrogen-bond acceptors (Lipinski definition) is 3. The number of Topliss-reactive ketones (excluding diaryl/α,β-unsaturated/α-hetero) is 1. The molecule has 4 heteroatoms. The Balaban J connectivity index is 2.91. The van der Waals surface area contributed by atoms with E-state index in [1.54, 1.807) is 6.92 Å². The van der Waals surface area contributed by atoms with Gasteiger partial charge in [0.15, 0.2) is 8.96 Å². The summed E-state index contributed by atoms with van der Waals surface area (Å²) in [6.07, 6.45) is 1.27. The second kappa shape index (κ2) is 7.11. The van der Waals surface area contributed by atoms with Crippen LogP contribution in [0.4, 0.5) is 0 Å². The van der Waals surface area contributed by atoms with E-state index in [0.29, 0.717) is 12.8 Å². The molecule has 18 heavy (non-hydrogen) atoms. The van der Waals surface area contributed by atoms with Crippen LogP contribution in [-0.2, 0) is 4.79 Å². The minimum Gasteiger partial charge on any atom is -0.331 e. The number of rotatable bonds is 6. The number of ketones is 1. The van der Waals surface area contributed by atoms with Crippen molar-refractivity contribution in [1.82, 2.24) is 4.67 Å². The Morgan fingerprint density at radius 3 is 2.33 bits per heavy atom. The van der Waals surface area contributed by atoms with Gasteiger partial charge in [-0.05, 0) is 18.9 Å². The molecule has 0 spiro atoms. The number of hydrazone groups is 1. The molecule has 0 radical (unpaired) electrons. The van der Waals surface area contributed by atoms with Gasteiger partial charge in [0.1, 0.15) is 5.78 Å². The summed E-state index contributed by atoms with van der Waals surface area (Å²) in [5, 5.41) is 4.68. The highest BCUT2D eigenvalue weighted by Crippen LogP contribution is 2.09. The number of nitrogens with zero attached hydrogens (tertiary/aromatic N) is 2. The maximum Gasteiger partial charge on any atom is 0.156 e. The Morgan fingerprint density at radius 2 is 1.83 bits per heavy atom. The Labute approximate surface area is 111 Å². The molecule has 0 saturated heterocycles. The lowest BCUT2D eigenvalue weighted by atomic mass is 10.0. The third-order valence-electron chi connectivity index (χ3n) is 2.85. The largest absolute Gasteiger partial charge is 0.331 e. The van der Waals surface area contributed by atoms with Crippen LogP contribution in [0.25, 0.3) is 0 Å². The zero-order chi connectivity index (χ0) is 13.5. The maximum absolute atomic E-state index is 11.1. The quantitative estimate of drug-likeness (QED) is 0.448. The fraction of sp³-hybridized carbons (Fsp3) is 0.429. The van der Waals surface area contributed by atoms with Crippen LogP contribution in [0.2, 0.25) is 13.1 Å². The SMILES string of the molecule is CC(=O)CCC(=NN(C)[SiH](C)C)c1ccccc1. The van der Waals surface area contributed by atoms with Crippen LogP contribution in [0, 0.1) is 0 Å². The fourth-order valence-electron chi connectivity index (χ4n) is 1.48. The predicted molar refractivity (Wildman–Crippen MR) is 79.5 cm³/mol. The molecule has 0 N–H and O–H groups in total. The zero-order valence-electron chi connectivity index (χ0n) is 11.7. The van der Waals surface area contributed by atoms with Gasteiger partial charge in [-0.1, -0.05) is 43.4 Å². The standard InChI is InChI=1S/C14H22N2OSi/c1-12(17)10-11-14(15-16(2)18(3)4)13-8-6-5-7-9-13/h5-9,18H,10-11H2,1-4H3. The van der Waals surface area contributed by atoms with Crippen LogP contribution in [0.1, 0.15) is 25.3 Å². The van der Waals surface area contributed by atoms with Gasteiger partial charge in [-0.2, -0.15) is 5.10 Å². The number of benzene rings is 1. The maximum atomic E-state index is 11.1. The summed E-state index contributed by atoms with van der Waals surface area (Å²) >= 11 is 0. The first-order chi connectivity index (χ1) is 8.50. The lowest BCUT2D eigenvalue weighted by molar-refractivity contribution is -0.116. The molecule has 98 valence electrons. The molecule has 1 aromatic rings. The first-order valence-corrected chi connectivity index (χ1v) is 9.18. The van der Waals surface area contributed by atoms with E-state index >= 15 is 0 Å². The van der Waals surface area contributed by atoms with E-state index < -0.39 is 8.96 Å². The highest BCUT2D eigenvalue weighted by molar-refractivity contribution is 6.52. The van der Waals surface area contributed by atoms with Crippen molar-refractivity contribution in [3.63, 3.8) is 0 Å². The average molecular weight is 262 g/mol. The predicted octanol–water partition coefficient (Wildman–Crippen LogP) is 2.68. The van der Waals surface area contributed by atoms with Crippen molar-refractivity contribution in [3.8, 4) is 0 Å². The summed E-state index contributed by atoms with van der Waals surface area (Å²) in [6.45, 7) is 6.09.